The highest BCUT2D eigenvalue weighted by molar-refractivity contribution is 5.79. The maximum absolute atomic E-state index is 14.1. The van der Waals surface area contributed by atoms with Crippen LogP contribution >= 0.6 is 0 Å². The van der Waals surface area contributed by atoms with Crippen molar-refractivity contribution < 1.29 is 52.5 Å². The van der Waals surface area contributed by atoms with Crippen molar-refractivity contribution in [3.8, 4) is 0 Å². The predicted octanol–water partition coefficient (Wildman–Crippen LogP) is 3.44. The number of aliphatic hydroxyl groups is 1. The van der Waals surface area contributed by atoms with E-state index in [2.05, 4.69) is 20.1 Å². The van der Waals surface area contributed by atoms with E-state index in [4.69, 9.17) is 48.4 Å². The van der Waals surface area contributed by atoms with Crippen molar-refractivity contribution in [1.82, 2.24) is 0 Å². The average molecular weight is 730 g/mol. The lowest BCUT2D eigenvalue weighted by Crippen LogP contribution is -2.61. The van der Waals surface area contributed by atoms with Crippen LogP contribution in [0.1, 0.15) is 90.4 Å². The van der Waals surface area contributed by atoms with Gasteiger partial charge in [0.05, 0.1) is 67.1 Å². The van der Waals surface area contributed by atoms with Crippen LogP contribution in [-0.2, 0) is 47.4 Å². The highest BCUT2D eigenvalue weighted by Gasteiger charge is 2.68. The van der Waals surface area contributed by atoms with E-state index in [1.807, 2.05) is 0 Å². The minimum Gasteiger partial charge on any atom is -0.392 e. The van der Waals surface area contributed by atoms with E-state index in [1.165, 1.54) is 0 Å². The van der Waals surface area contributed by atoms with Crippen LogP contribution in [0.15, 0.2) is 24.3 Å². The van der Waals surface area contributed by atoms with Crippen molar-refractivity contribution >= 4 is 5.78 Å². The van der Waals surface area contributed by atoms with Crippen LogP contribution in [0.4, 0.5) is 0 Å². The molecule has 3 N–H and O–H groups in total. The second-order valence-electron chi connectivity index (χ2n) is 17.4. The topological polar surface area (TPSA) is 146 Å². The monoisotopic (exact) mass is 729 g/mol. The third-order valence-corrected chi connectivity index (χ3v) is 14.0. The fourth-order valence-electron chi connectivity index (χ4n) is 11.3. The molecule has 1 spiro atoms. The number of aliphatic hydroxyl groups excluding tert-OH is 1. The number of ether oxygens (including phenoxy) is 9. The van der Waals surface area contributed by atoms with Crippen LogP contribution in [-0.4, -0.2) is 128 Å². The van der Waals surface area contributed by atoms with Crippen LogP contribution < -0.4 is 5.73 Å². The number of fused-ring (bicyclic) bond motifs is 6. The van der Waals surface area contributed by atoms with Crippen molar-refractivity contribution in [2.45, 2.75) is 194 Å². The molecule has 19 atom stereocenters. The summed E-state index contributed by atoms with van der Waals surface area (Å²) < 4.78 is 60.0. The van der Waals surface area contributed by atoms with Crippen LogP contribution in [0, 0.1) is 11.8 Å². The lowest BCUT2D eigenvalue weighted by atomic mass is 9.81. The maximum atomic E-state index is 14.1. The molecule has 290 valence electrons. The van der Waals surface area contributed by atoms with Crippen molar-refractivity contribution in [3.63, 3.8) is 0 Å². The summed E-state index contributed by atoms with van der Waals surface area (Å²) in [4.78, 5) is 14.1. The molecule has 0 aromatic heterocycles. The summed E-state index contributed by atoms with van der Waals surface area (Å²) in [5.41, 5.74) is 8.01. The number of methoxy groups -OCH3 is 1. The van der Waals surface area contributed by atoms with Gasteiger partial charge in [-0.2, -0.15) is 0 Å². The minimum absolute atomic E-state index is 0.0158. The van der Waals surface area contributed by atoms with E-state index in [1.54, 1.807) is 7.11 Å². The summed E-state index contributed by atoms with van der Waals surface area (Å²) in [6, 6.07) is 0. The number of carbonyl (C=O) groups is 1. The fraction of sp³-hybridized carbons (Fsp3) is 0.875. The number of nitrogens with two attached hydrogens (primary N) is 1. The summed E-state index contributed by atoms with van der Waals surface area (Å²) in [7, 11) is 1.66. The lowest BCUT2D eigenvalue weighted by Gasteiger charge is -2.47. The average Bonchev–Trinajstić information content (AvgIpc) is 3.79. The number of hydrogen-bond acceptors (Lipinski definition) is 12. The molecule has 0 saturated carbocycles. The Bertz CT molecular complexity index is 1380. The molecule has 0 aromatic rings. The van der Waals surface area contributed by atoms with E-state index in [-0.39, 0.29) is 122 Å². The first kappa shape index (κ1) is 36.4. The standard InChI is InChI=1S/C40H59NO11/c1-19-11-24-5-7-28-20(2)12-26(45-28)9-10-40-17-33-36(51-40)37-38(50-33)39(52-40)35-29(49-37)8-6-25(47-35)13-22(42)14-27-31(16-30(46-24)21(19)3)48-32(34(27)44-4)15-23(43)18-41/h19,23-39,43H,2-3,5-18,41H2,1,4H3/t19-,23+,24+,25?,26+,27+,28?,29+,30?,31+,32-,33+,34-,35?,36+,37+,38-,39+,40+/m1/s1. The van der Waals surface area contributed by atoms with Gasteiger partial charge in [-0.05, 0) is 62.0 Å². The molecule has 10 aliphatic heterocycles. The summed E-state index contributed by atoms with van der Waals surface area (Å²) >= 11 is 0. The van der Waals surface area contributed by atoms with Crippen molar-refractivity contribution in [3.05, 3.63) is 24.3 Å². The van der Waals surface area contributed by atoms with Gasteiger partial charge in [0.1, 0.15) is 36.3 Å². The zero-order chi connectivity index (χ0) is 35.9. The molecule has 0 radical (unpaired) electrons. The zero-order valence-corrected chi connectivity index (χ0v) is 30.8. The minimum atomic E-state index is -0.780. The highest BCUT2D eigenvalue weighted by atomic mass is 16.8. The lowest BCUT2D eigenvalue weighted by molar-refractivity contribution is -0.292. The third-order valence-electron chi connectivity index (χ3n) is 14.0. The number of hydrogen-bond donors (Lipinski definition) is 2. The van der Waals surface area contributed by atoms with E-state index in [9.17, 15) is 9.90 Å². The molecule has 10 aliphatic rings. The SMILES string of the molecule is C=C1C[C@@H]2CC[C@@]34C[C@@H]5O[C@@H]6[C@@H](O[C@H]7CCC(CC(=O)C[C@@H]8[C@@H](OC)[C@@H](C[C@H](O)CN)O[C@H]8CC8O[C@@H](CCC1O2)C[C@@H](C)C8=C)OC7[C@@H]6O3)[C@H]5O4. The molecule has 52 heavy (non-hydrogen) atoms. The third kappa shape index (κ3) is 6.59. The van der Waals surface area contributed by atoms with Gasteiger partial charge in [-0.15, -0.1) is 0 Å². The first-order valence-corrected chi connectivity index (χ1v) is 20.2. The predicted molar refractivity (Wildman–Crippen MR) is 186 cm³/mol. The molecular weight excluding hydrogens is 670 g/mol. The summed E-state index contributed by atoms with van der Waals surface area (Å²) in [6.45, 7) is 11.3. The van der Waals surface area contributed by atoms with E-state index in [0.29, 0.717) is 25.7 Å². The Hall–Kier alpha value is -1.29. The number of ketones is 1. The van der Waals surface area contributed by atoms with Gasteiger partial charge in [-0.1, -0.05) is 20.1 Å². The van der Waals surface area contributed by atoms with Crippen molar-refractivity contribution in [2.24, 2.45) is 17.6 Å². The van der Waals surface area contributed by atoms with Gasteiger partial charge in [-0.3, -0.25) is 4.79 Å². The summed E-state index contributed by atoms with van der Waals surface area (Å²) in [5.74, 6) is -0.619. The second-order valence-corrected chi connectivity index (χ2v) is 17.4. The van der Waals surface area contributed by atoms with Gasteiger partial charge in [0.2, 0.25) is 0 Å². The summed E-state index contributed by atoms with van der Waals surface area (Å²) in [5, 5.41) is 10.5. The first-order chi connectivity index (χ1) is 25.1. The fourth-order valence-corrected chi connectivity index (χ4v) is 11.3. The molecular formula is C40H59NO11. The van der Waals surface area contributed by atoms with Gasteiger partial charge in [-0.25, -0.2) is 0 Å². The molecule has 10 heterocycles. The van der Waals surface area contributed by atoms with Gasteiger partial charge in [0, 0.05) is 58.1 Å². The quantitative estimate of drug-likeness (QED) is 0.409. The normalized spacial score (nSPS) is 52.4. The molecule has 12 nitrogen and oxygen atoms in total. The molecule has 0 aliphatic carbocycles. The Morgan fingerprint density at radius 1 is 0.808 bits per heavy atom. The van der Waals surface area contributed by atoms with Gasteiger partial charge in [0.15, 0.2) is 5.79 Å². The van der Waals surface area contributed by atoms with Gasteiger partial charge >= 0.3 is 0 Å². The van der Waals surface area contributed by atoms with E-state index in [0.717, 1.165) is 56.1 Å². The Morgan fingerprint density at radius 3 is 2.38 bits per heavy atom. The smallest absolute Gasteiger partial charge is 0.172 e. The van der Waals surface area contributed by atoms with Crippen LogP contribution in [0.2, 0.25) is 0 Å². The zero-order valence-electron chi connectivity index (χ0n) is 30.8. The molecule has 10 rings (SSSR count). The molecule has 10 saturated heterocycles. The first-order valence-electron chi connectivity index (χ1n) is 20.2. The van der Waals surface area contributed by atoms with Crippen LogP contribution in [0.3, 0.4) is 0 Å². The Morgan fingerprint density at radius 2 is 1.56 bits per heavy atom. The Labute approximate surface area is 307 Å². The number of Topliss-reactive ketones (excluding diaryl/α,β-unsaturated/α-hetero) is 1. The molecule has 0 aromatic carbocycles. The largest absolute Gasteiger partial charge is 0.392 e. The molecule has 4 unspecified atom stereocenters. The highest BCUT2D eigenvalue weighted by Crippen LogP contribution is 2.54. The van der Waals surface area contributed by atoms with Crippen molar-refractivity contribution in [1.29, 1.82) is 0 Å². The van der Waals surface area contributed by atoms with Crippen LogP contribution in [0.5, 0.6) is 0 Å². The van der Waals surface area contributed by atoms with E-state index < -0.39 is 18.0 Å². The Balaban J connectivity index is 0.994. The molecule has 12 bridgehead atoms. The molecule has 12 heteroatoms. The van der Waals surface area contributed by atoms with E-state index >= 15 is 0 Å². The number of rotatable bonds is 4. The van der Waals surface area contributed by atoms with Crippen molar-refractivity contribution in [2.75, 3.05) is 13.7 Å². The molecule has 0 amide bonds. The van der Waals surface area contributed by atoms with Crippen LogP contribution in [0.25, 0.3) is 0 Å². The second kappa shape index (κ2) is 14.3. The number of carbonyl (C=O) groups excluding carboxylic acids is 1. The van der Waals surface area contributed by atoms with Gasteiger partial charge < -0.3 is 53.5 Å². The molecule has 10 fully saturated rings. The van der Waals surface area contributed by atoms with Gasteiger partial charge in [0.25, 0.3) is 0 Å². The Kier molecular flexibility index (Phi) is 10.0. The summed E-state index contributed by atoms with van der Waals surface area (Å²) in [6.07, 6.45) is 4.85. The maximum Gasteiger partial charge on any atom is 0.172 e.